The van der Waals surface area contributed by atoms with Gasteiger partial charge in [0.15, 0.2) is 0 Å². The Morgan fingerprint density at radius 3 is 2.04 bits per heavy atom. The van der Waals surface area contributed by atoms with Crippen LogP contribution in [0.5, 0.6) is 5.88 Å². The van der Waals surface area contributed by atoms with Gasteiger partial charge >= 0.3 is 0 Å². The van der Waals surface area contributed by atoms with Crippen LogP contribution in [0.1, 0.15) is 32.0 Å². The number of hydrogen-bond donors (Lipinski definition) is 1. The summed E-state index contributed by atoms with van der Waals surface area (Å²) in [6, 6.07) is 31.6. The number of methoxy groups -OCH3 is 1. The fraction of sp³-hybridized carbons (Fsp3) is 0.250. The van der Waals surface area contributed by atoms with Crippen molar-refractivity contribution in [2.24, 2.45) is 0 Å². The van der Waals surface area contributed by atoms with E-state index in [0.29, 0.717) is 36.8 Å². The highest BCUT2D eigenvalue weighted by Gasteiger charge is 2.50. The zero-order valence-electron chi connectivity index (χ0n) is 27.3. The number of rotatable bonds is 13. The second-order valence-electron chi connectivity index (χ2n) is 12.1. The minimum absolute atomic E-state index is 0.000626. The van der Waals surface area contributed by atoms with Crippen molar-refractivity contribution >= 4 is 34.5 Å². The van der Waals surface area contributed by atoms with Crippen LogP contribution in [0, 0.1) is 6.92 Å². The van der Waals surface area contributed by atoms with Crippen molar-refractivity contribution in [3.8, 4) is 17.1 Å². The SMILES string of the molecule is COc1nc(C)cnc1NS(=O)(=O)c1cccnc1-c1ccc(COCCO[Si](c2ccccc2)(c2ccccc2)C(C)(C)C)cc1. The molecule has 0 radical (unpaired) electrons. The van der Waals surface area contributed by atoms with E-state index < -0.39 is 18.3 Å². The van der Waals surface area contributed by atoms with E-state index in [0.717, 1.165) is 5.56 Å². The molecule has 0 bridgehead atoms. The fourth-order valence-electron chi connectivity index (χ4n) is 5.64. The highest BCUT2D eigenvalue weighted by molar-refractivity contribution is 7.92. The molecule has 0 aliphatic carbocycles. The number of aryl methyl sites for hydroxylation is 1. The third-order valence-corrected chi connectivity index (χ3v) is 14.2. The summed E-state index contributed by atoms with van der Waals surface area (Å²) in [7, 11) is -5.29. The molecule has 0 saturated heterocycles. The Morgan fingerprint density at radius 2 is 1.45 bits per heavy atom. The summed E-state index contributed by atoms with van der Waals surface area (Å²) in [4.78, 5) is 12.8. The number of hydrogen-bond acceptors (Lipinski definition) is 8. The highest BCUT2D eigenvalue weighted by Crippen LogP contribution is 2.36. The summed E-state index contributed by atoms with van der Waals surface area (Å²) in [5, 5.41) is 2.34. The minimum Gasteiger partial charge on any atom is -0.478 e. The summed E-state index contributed by atoms with van der Waals surface area (Å²) in [5.74, 6) is 0.0830. The normalized spacial score (nSPS) is 12.1. The van der Waals surface area contributed by atoms with Crippen molar-refractivity contribution in [1.29, 1.82) is 0 Å². The van der Waals surface area contributed by atoms with E-state index >= 15 is 0 Å². The zero-order valence-corrected chi connectivity index (χ0v) is 29.1. The van der Waals surface area contributed by atoms with Crippen LogP contribution >= 0.6 is 0 Å². The van der Waals surface area contributed by atoms with Gasteiger partial charge in [-0.3, -0.25) is 9.71 Å². The van der Waals surface area contributed by atoms with Gasteiger partial charge in [-0.1, -0.05) is 106 Å². The molecule has 244 valence electrons. The molecule has 0 spiro atoms. The van der Waals surface area contributed by atoms with Crippen LogP contribution in [0.3, 0.4) is 0 Å². The monoisotopic (exact) mass is 668 g/mol. The van der Waals surface area contributed by atoms with Crippen LogP contribution in [0.4, 0.5) is 5.82 Å². The van der Waals surface area contributed by atoms with Gasteiger partial charge in [0.1, 0.15) is 4.90 Å². The maximum Gasteiger partial charge on any atom is 0.265 e. The fourth-order valence-corrected chi connectivity index (χ4v) is 11.4. The lowest BCUT2D eigenvalue weighted by atomic mass is 10.1. The molecular weight excluding hydrogens is 629 g/mol. The predicted octanol–water partition coefficient (Wildman–Crippen LogP) is 5.75. The first-order chi connectivity index (χ1) is 22.5. The number of ether oxygens (including phenoxy) is 2. The van der Waals surface area contributed by atoms with E-state index in [1.54, 1.807) is 19.2 Å². The number of pyridine rings is 1. The summed E-state index contributed by atoms with van der Waals surface area (Å²) >= 11 is 0. The van der Waals surface area contributed by atoms with Crippen LogP contribution in [0.25, 0.3) is 11.3 Å². The standard InChI is InChI=1S/C36H40N4O5SSi/c1-27-25-38-34(35(39-27)43-5)40-46(41,42)32-17-12-22-37-33(32)29-20-18-28(19-21-29)26-44-23-24-45-47(36(2,3)4,30-13-8-6-9-14-30)31-15-10-7-11-16-31/h6-22,25H,23-24,26H2,1-5H3,(H,38,40). The van der Waals surface area contributed by atoms with Crippen molar-refractivity contribution < 1.29 is 22.3 Å². The van der Waals surface area contributed by atoms with Crippen LogP contribution in [0.15, 0.2) is 114 Å². The molecule has 0 amide bonds. The van der Waals surface area contributed by atoms with Crippen molar-refractivity contribution in [2.45, 2.75) is 44.2 Å². The molecule has 0 unspecified atom stereocenters. The number of aromatic nitrogens is 3. The van der Waals surface area contributed by atoms with Gasteiger partial charge in [-0.25, -0.2) is 18.4 Å². The molecule has 2 aromatic heterocycles. The molecule has 2 heterocycles. The van der Waals surface area contributed by atoms with E-state index in [9.17, 15) is 8.42 Å². The van der Waals surface area contributed by atoms with Crippen LogP contribution < -0.4 is 19.8 Å². The molecule has 0 atom stereocenters. The molecule has 0 fully saturated rings. The maximum atomic E-state index is 13.4. The third-order valence-electron chi connectivity index (χ3n) is 7.80. The summed E-state index contributed by atoms with van der Waals surface area (Å²) in [6.07, 6.45) is 3.02. The Morgan fingerprint density at radius 1 is 0.809 bits per heavy atom. The Labute approximate surface area is 278 Å². The second-order valence-corrected chi connectivity index (χ2v) is 18.0. The van der Waals surface area contributed by atoms with Gasteiger partial charge in [-0.05, 0) is 40.0 Å². The highest BCUT2D eigenvalue weighted by atomic mass is 32.2. The van der Waals surface area contributed by atoms with E-state index in [1.165, 1.54) is 29.7 Å². The Balaban J connectivity index is 1.26. The number of nitrogens with one attached hydrogen (secondary N) is 1. The average molecular weight is 669 g/mol. The van der Waals surface area contributed by atoms with Gasteiger partial charge in [-0.15, -0.1) is 0 Å². The Hall–Kier alpha value is -4.42. The van der Waals surface area contributed by atoms with Gasteiger partial charge < -0.3 is 13.9 Å². The smallest absolute Gasteiger partial charge is 0.265 e. The Bertz CT molecular complexity index is 1850. The molecule has 3 aromatic carbocycles. The van der Waals surface area contributed by atoms with Gasteiger partial charge in [0.2, 0.25) is 5.82 Å². The van der Waals surface area contributed by atoms with Crippen molar-refractivity contribution in [3.05, 3.63) is 121 Å². The van der Waals surface area contributed by atoms with E-state index in [2.05, 4.69) is 89.0 Å². The van der Waals surface area contributed by atoms with Crippen LogP contribution in [-0.4, -0.2) is 52.0 Å². The minimum atomic E-state index is -4.06. The lowest BCUT2D eigenvalue weighted by molar-refractivity contribution is 0.0859. The second kappa shape index (κ2) is 14.6. The maximum absolute atomic E-state index is 13.4. The third kappa shape index (κ3) is 7.60. The molecule has 0 aliphatic heterocycles. The van der Waals surface area contributed by atoms with E-state index in [1.807, 2.05) is 36.4 Å². The van der Waals surface area contributed by atoms with Gasteiger partial charge in [0.25, 0.3) is 24.2 Å². The topological polar surface area (TPSA) is 113 Å². The van der Waals surface area contributed by atoms with Gasteiger partial charge in [0.05, 0.1) is 44.5 Å². The van der Waals surface area contributed by atoms with Gasteiger partial charge in [0, 0.05) is 11.8 Å². The number of nitrogens with zero attached hydrogens (tertiary/aromatic N) is 3. The summed E-state index contributed by atoms with van der Waals surface area (Å²) in [6.45, 7) is 9.75. The number of sulfonamides is 1. The zero-order chi connectivity index (χ0) is 33.5. The van der Waals surface area contributed by atoms with E-state index in [-0.39, 0.29) is 21.6 Å². The van der Waals surface area contributed by atoms with Gasteiger partial charge in [-0.2, -0.15) is 0 Å². The number of benzene rings is 3. The summed E-state index contributed by atoms with van der Waals surface area (Å²) in [5.41, 5.74) is 2.50. The van der Waals surface area contributed by atoms with Crippen molar-refractivity contribution in [3.63, 3.8) is 0 Å². The number of anilines is 1. The molecule has 9 nitrogen and oxygen atoms in total. The van der Waals surface area contributed by atoms with E-state index in [4.69, 9.17) is 13.9 Å². The lowest BCUT2D eigenvalue weighted by Crippen LogP contribution is -2.66. The van der Waals surface area contributed by atoms with Crippen LogP contribution in [0.2, 0.25) is 5.04 Å². The van der Waals surface area contributed by atoms with Crippen molar-refractivity contribution in [1.82, 2.24) is 15.0 Å². The first-order valence-electron chi connectivity index (χ1n) is 15.3. The molecule has 1 N–H and O–H groups in total. The summed E-state index contributed by atoms with van der Waals surface area (Å²) < 4.78 is 47.6. The largest absolute Gasteiger partial charge is 0.478 e. The first kappa shape index (κ1) is 33.9. The molecule has 5 aromatic rings. The quantitative estimate of drug-likeness (QED) is 0.125. The van der Waals surface area contributed by atoms with Crippen molar-refractivity contribution in [2.75, 3.05) is 25.0 Å². The lowest BCUT2D eigenvalue weighted by Gasteiger charge is -2.43. The molecule has 11 heteroatoms. The molecule has 0 aliphatic rings. The molecule has 5 rings (SSSR count). The first-order valence-corrected chi connectivity index (χ1v) is 18.7. The molecule has 0 saturated carbocycles. The molecule has 47 heavy (non-hydrogen) atoms. The van der Waals surface area contributed by atoms with Crippen LogP contribution in [-0.2, 0) is 25.8 Å². The average Bonchev–Trinajstić information content (AvgIpc) is 3.07. The predicted molar refractivity (Wildman–Crippen MR) is 187 cm³/mol. The molecular formula is C36H40N4O5SSi. The Kier molecular flexibility index (Phi) is 10.5.